The molecule has 1 saturated heterocycles. The monoisotopic (exact) mass is 349 g/mol. The molecule has 0 atom stereocenters. The molecular weight excluding hydrogens is 322 g/mol. The smallest absolute Gasteiger partial charge is 0.171 e. The summed E-state index contributed by atoms with van der Waals surface area (Å²) in [4.78, 5) is 11.0. The molecule has 8 heteroatoms. The molecule has 1 aliphatic rings. The van der Waals surface area contributed by atoms with Gasteiger partial charge in [0.05, 0.1) is 5.56 Å². The summed E-state index contributed by atoms with van der Waals surface area (Å²) in [5, 5.41) is 17.5. The molecule has 1 aromatic rings. The van der Waals surface area contributed by atoms with Crippen LogP contribution in [0.3, 0.4) is 0 Å². The average Bonchev–Trinajstić information content (AvgIpc) is 2.84. The topological polar surface area (TPSA) is 89.0 Å². The summed E-state index contributed by atoms with van der Waals surface area (Å²) in [6.45, 7) is 6.84. The summed E-state index contributed by atoms with van der Waals surface area (Å²) in [6, 6.07) is 0. The first-order chi connectivity index (χ1) is 11.7. The Hall–Kier alpha value is -1.80. The average molecular weight is 350 g/mol. The second-order valence-electron chi connectivity index (χ2n) is 5.80. The Balaban J connectivity index is 1.93. The van der Waals surface area contributed by atoms with Crippen LogP contribution in [0.2, 0.25) is 0 Å². The van der Waals surface area contributed by atoms with Gasteiger partial charge >= 0.3 is 0 Å². The van der Waals surface area contributed by atoms with Gasteiger partial charge in [0.15, 0.2) is 5.11 Å². The van der Waals surface area contributed by atoms with E-state index in [1.807, 2.05) is 6.92 Å². The predicted octanol–water partition coefficient (Wildman–Crippen LogP) is 2.07. The molecule has 0 aromatic carbocycles. The lowest BCUT2D eigenvalue weighted by Gasteiger charge is -2.20. The number of likely N-dealkylation sites (tertiary alicyclic amines) is 1. The Morgan fingerprint density at radius 1 is 1.25 bits per heavy atom. The minimum atomic E-state index is 0.495. The Morgan fingerprint density at radius 2 is 1.96 bits per heavy atom. The van der Waals surface area contributed by atoms with Crippen LogP contribution in [0.25, 0.3) is 0 Å². The highest BCUT2D eigenvalue weighted by Crippen LogP contribution is 2.17. The molecule has 0 bridgehead atoms. The van der Waals surface area contributed by atoms with Crippen molar-refractivity contribution in [2.75, 3.05) is 43.4 Å². The van der Waals surface area contributed by atoms with Crippen molar-refractivity contribution in [3.05, 3.63) is 11.9 Å². The van der Waals surface area contributed by atoms with Crippen molar-refractivity contribution in [3.63, 3.8) is 0 Å². The van der Waals surface area contributed by atoms with Gasteiger partial charge in [0.2, 0.25) is 0 Å². The second-order valence-corrected chi connectivity index (χ2v) is 6.20. The molecule has 0 amide bonds. The molecule has 7 nitrogen and oxygen atoms in total. The minimum Gasteiger partial charge on any atom is -0.368 e. The van der Waals surface area contributed by atoms with Crippen molar-refractivity contribution in [3.8, 4) is 0 Å². The molecule has 1 fully saturated rings. The highest BCUT2D eigenvalue weighted by atomic mass is 32.1. The van der Waals surface area contributed by atoms with Gasteiger partial charge in [-0.3, -0.25) is 0 Å². The fraction of sp³-hybridized carbons (Fsp3) is 0.625. The lowest BCUT2D eigenvalue weighted by molar-refractivity contribution is 0.296. The number of rotatable bonds is 7. The Labute approximate surface area is 149 Å². The third-order valence-corrected chi connectivity index (χ3v) is 4.26. The highest BCUT2D eigenvalue weighted by Gasteiger charge is 2.12. The van der Waals surface area contributed by atoms with Crippen molar-refractivity contribution in [1.82, 2.24) is 20.2 Å². The molecule has 0 saturated carbocycles. The molecule has 132 valence electrons. The van der Waals surface area contributed by atoms with E-state index in [9.17, 15) is 0 Å². The first-order valence-electron chi connectivity index (χ1n) is 8.61. The van der Waals surface area contributed by atoms with Crippen LogP contribution in [0.5, 0.6) is 0 Å². The van der Waals surface area contributed by atoms with E-state index in [-0.39, 0.29) is 0 Å². The molecule has 0 radical (unpaired) electrons. The normalized spacial score (nSPS) is 15.4. The van der Waals surface area contributed by atoms with Crippen molar-refractivity contribution >= 4 is 35.2 Å². The molecule has 2 heterocycles. The number of nitrogens with zero attached hydrogens (tertiary/aromatic N) is 3. The first kappa shape index (κ1) is 18.5. The van der Waals surface area contributed by atoms with Gasteiger partial charge in [0.1, 0.15) is 18.0 Å². The molecule has 1 aromatic heterocycles. The van der Waals surface area contributed by atoms with Crippen molar-refractivity contribution in [2.45, 2.75) is 32.6 Å². The predicted molar refractivity (Wildman–Crippen MR) is 103 cm³/mol. The van der Waals surface area contributed by atoms with E-state index < -0.39 is 0 Å². The van der Waals surface area contributed by atoms with Crippen molar-refractivity contribution < 1.29 is 0 Å². The summed E-state index contributed by atoms with van der Waals surface area (Å²) >= 11 is 5.19. The number of hydrogen-bond donors (Lipinski definition) is 4. The number of nitrogens with one attached hydrogen (secondary N) is 4. The maximum absolute atomic E-state index is 7.67. The van der Waals surface area contributed by atoms with Crippen LogP contribution in [0.1, 0.15) is 38.2 Å². The summed E-state index contributed by atoms with van der Waals surface area (Å²) < 4.78 is 0. The van der Waals surface area contributed by atoms with Gasteiger partial charge in [-0.2, -0.15) is 0 Å². The molecule has 0 unspecified atom stereocenters. The number of hydrogen-bond acceptors (Lipinski definition) is 6. The van der Waals surface area contributed by atoms with Crippen LogP contribution in [0.15, 0.2) is 6.33 Å². The van der Waals surface area contributed by atoms with Crippen molar-refractivity contribution in [1.29, 1.82) is 5.41 Å². The van der Waals surface area contributed by atoms with E-state index in [2.05, 4.69) is 30.8 Å². The standard InChI is InChI=1S/C16H27N7S/c1-2-18-16(24)22-15-13(11-17)14(20-12-21-15)19-7-10-23-8-5-3-4-6-9-23/h11-12,17H,2-10H2,1H3,(H3,18,19,20,21,22,24). The third-order valence-electron chi connectivity index (χ3n) is 4.02. The first-order valence-corrected chi connectivity index (χ1v) is 9.02. The fourth-order valence-corrected chi connectivity index (χ4v) is 3.02. The van der Waals surface area contributed by atoms with Gasteiger partial charge < -0.3 is 26.3 Å². The van der Waals surface area contributed by atoms with Crippen LogP contribution in [-0.2, 0) is 0 Å². The maximum atomic E-state index is 7.67. The Morgan fingerprint density at radius 3 is 2.62 bits per heavy atom. The highest BCUT2D eigenvalue weighted by molar-refractivity contribution is 7.80. The molecular formula is C16H27N7S. The summed E-state index contributed by atoms with van der Waals surface area (Å²) in [7, 11) is 0. The number of aromatic nitrogens is 2. The van der Waals surface area contributed by atoms with Gasteiger partial charge in [0, 0.05) is 25.8 Å². The molecule has 4 N–H and O–H groups in total. The molecule has 24 heavy (non-hydrogen) atoms. The summed E-state index contributed by atoms with van der Waals surface area (Å²) in [5.74, 6) is 1.21. The van der Waals surface area contributed by atoms with Crippen molar-refractivity contribution in [2.24, 2.45) is 0 Å². The Kier molecular flexibility index (Phi) is 7.84. The van der Waals surface area contributed by atoms with E-state index in [4.69, 9.17) is 17.6 Å². The molecule has 1 aliphatic heterocycles. The number of anilines is 2. The van der Waals surface area contributed by atoms with E-state index in [1.165, 1.54) is 51.3 Å². The van der Waals surface area contributed by atoms with Gasteiger partial charge in [0.25, 0.3) is 0 Å². The summed E-state index contributed by atoms with van der Waals surface area (Å²) in [5.41, 5.74) is 0.619. The molecule has 2 rings (SSSR count). The fourth-order valence-electron chi connectivity index (χ4n) is 2.78. The zero-order valence-corrected chi connectivity index (χ0v) is 15.1. The number of thiocarbonyl (C=S) groups is 1. The maximum Gasteiger partial charge on any atom is 0.171 e. The SMILES string of the molecule is CCNC(=S)Nc1ncnc(NCCN2CCCCCC2)c1C=N. The van der Waals surface area contributed by atoms with Crippen LogP contribution < -0.4 is 16.0 Å². The quantitative estimate of drug-likeness (QED) is 0.443. The van der Waals surface area contributed by atoms with Crippen LogP contribution in [0.4, 0.5) is 11.6 Å². The molecule has 0 aliphatic carbocycles. The van der Waals surface area contributed by atoms with E-state index in [0.717, 1.165) is 19.6 Å². The van der Waals surface area contributed by atoms with Crippen LogP contribution in [0, 0.1) is 5.41 Å². The van der Waals surface area contributed by atoms with Gasteiger partial charge in [-0.15, -0.1) is 0 Å². The Bertz CT molecular complexity index is 541. The second kappa shape index (κ2) is 10.1. The van der Waals surface area contributed by atoms with E-state index in [0.29, 0.717) is 22.3 Å². The summed E-state index contributed by atoms with van der Waals surface area (Å²) in [6.07, 6.45) is 8.00. The van der Waals surface area contributed by atoms with Gasteiger partial charge in [-0.25, -0.2) is 9.97 Å². The van der Waals surface area contributed by atoms with Gasteiger partial charge in [-0.1, -0.05) is 12.8 Å². The third kappa shape index (κ3) is 5.68. The zero-order chi connectivity index (χ0) is 17.2. The van der Waals surface area contributed by atoms with E-state index in [1.54, 1.807) is 0 Å². The lowest BCUT2D eigenvalue weighted by Crippen LogP contribution is -2.31. The van der Waals surface area contributed by atoms with Crippen LogP contribution >= 0.6 is 12.2 Å². The largest absolute Gasteiger partial charge is 0.368 e. The zero-order valence-electron chi connectivity index (χ0n) is 14.3. The van der Waals surface area contributed by atoms with Gasteiger partial charge in [-0.05, 0) is 45.1 Å². The minimum absolute atomic E-state index is 0.495. The molecule has 0 spiro atoms. The lowest BCUT2D eigenvalue weighted by atomic mass is 10.2. The van der Waals surface area contributed by atoms with Crippen LogP contribution in [-0.4, -0.2) is 58.9 Å². The van der Waals surface area contributed by atoms with E-state index >= 15 is 0 Å².